The number of nitro groups is 1. The fourth-order valence-electron chi connectivity index (χ4n) is 2.93. The molecule has 7 nitrogen and oxygen atoms in total. The van der Waals surface area contributed by atoms with E-state index in [0.717, 1.165) is 17.3 Å². The van der Waals surface area contributed by atoms with Crippen molar-refractivity contribution in [1.29, 1.82) is 0 Å². The third kappa shape index (κ3) is 5.82. The second kappa shape index (κ2) is 10.4. The third-order valence-corrected chi connectivity index (χ3v) is 6.34. The molecule has 0 aliphatic carbocycles. The van der Waals surface area contributed by atoms with E-state index in [1.54, 1.807) is 30.3 Å². The van der Waals surface area contributed by atoms with Crippen molar-refractivity contribution < 1.29 is 18.8 Å². The second-order valence-corrected chi connectivity index (χ2v) is 9.28. The minimum Gasteiger partial charge on any atom is -0.486 e. The third-order valence-electron chi connectivity index (χ3n) is 4.56. The molecular formula is C23H14BrClFN3O4S. The average Bonchev–Trinajstić information content (AvgIpc) is 3.13. The van der Waals surface area contributed by atoms with Crippen molar-refractivity contribution in [1.82, 2.24) is 5.32 Å². The molecular weight excluding hydrogens is 549 g/mol. The fourth-order valence-corrected chi connectivity index (χ4v) is 4.77. The van der Waals surface area contributed by atoms with E-state index in [1.165, 1.54) is 36.4 Å². The molecule has 0 unspecified atom stereocenters. The van der Waals surface area contributed by atoms with Crippen LogP contribution in [0.15, 0.2) is 75.0 Å². The lowest BCUT2D eigenvalue weighted by atomic mass is 10.2. The number of non-ortho nitro benzene ring substituents is 1. The second-order valence-electron chi connectivity index (χ2n) is 6.98. The minimum atomic E-state index is -0.466. The van der Waals surface area contributed by atoms with Gasteiger partial charge in [0.25, 0.3) is 11.6 Å². The first-order valence-electron chi connectivity index (χ1n) is 9.69. The summed E-state index contributed by atoms with van der Waals surface area (Å²) in [5.41, 5.74) is 1.93. The number of benzene rings is 3. The molecule has 0 bridgehead atoms. The van der Waals surface area contributed by atoms with Crippen LogP contribution >= 0.6 is 39.3 Å². The van der Waals surface area contributed by atoms with Gasteiger partial charge in [0.1, 0.15) is 12.4 Å². The number of hydrogen-bond donors (Lipinski definition) is 1. The monoisotopic (exact) mass is 561 g/mol. The molecule has 0 saturated carbocycles. The van der Waals surface area contributed by atoms with Gasteiger partial charge in [0, 0.05) is 12.1 Å². The molecule has 0 atom stereocenters. The largest absolute Gasteiger partial charge is 0.486 e. The number of amides is 1. The highest BCUT2D eigenvalue weighted by Gasteiger charge is 2.24. The van der Waals surface area contributed by atoms with Gasteiger partial charge >= 0.3 is 0 Å². The number of halogens is 3. The van der Waals surface area contributed by atoms with E-state index in [2.05, 4.69) is 26.2 Å². The van der Waals surface area contributed by atoms with Crippen LogP contribution in [0.4, 0.5) is 15.8 Å². The van der Waals surface area contributed by atoms with E-state index in [0.29, 0.717) is 36.6 Å². The molecule has 34 heavy (non-hydrogen) atoms. The molecule has 0 spiro atoms. The zero-order valence-corrected chi connectivity index (χ0v) is 20.3. The van der Waals surface area contributed by atoms with E-state index < -0.39 is 4.92 Å². The highest BCUT2D eigenvalue weighted by molar-refractivity contribution is 9.10. The number of carbonyl (C=O) groups excluding carboxylic acids is 1. The van der Waals surface area contributed by atoms with Gasteiger partial charge in [-0.3, -0.25) is 14.9 Å². The number of nitrogens with zero attached hydrogens (tertiary/aromatic N) is 2. The molecule has 0 radical (unpaired) electrons. The number of amidine groups is 1. The van der Waals surface area contributed by atoms with Crippen molar-refractivity contribution in [2.75, 3.05) is 0 Å². The molecule has 1 N–H and O–H groups in total. The Kier molecular flexibility index (Phi) is 7.30. The zero-order chi connectivity index (χ0) is 24.2. The first-order valence-corrected chi connectivity index (χ1v) is 11.7. The summed E-state index contributed by atoms with van der Waals surface area (Å²) >= 11 is 11.0. The van der Waals surface area contributed by atoms with Gasteiger partial charge in [-0.2, -0.15) is 0 Å². The Morgan fingerprint density at radius 3 is 2.53 bits per heavy atom. The Morgan fingerprint density at radius 2 is 1.88 bits per heavy atom. The van der Waals surface area contributed by atoms with Gasteiger partial charge in [-0.1, -0.05) is 11.6 Å². The van der Waals surface area contributed by atoms with Crippen LogP contribution in [0.5, 0.6) is 5.75 Å². The first kappa shape index (κ1) is 23.9. The standard InChI is InChI=1S/C23H14BrClFN3O4S/c24-18-9-14(10-19(25)21(18)33-12-13-1-7-17(8-2-13)29(31)32)11-20-22(30)28-23(34-20)27-16-5-3-15(26)4-6-16/h1-11H,12H2,(H,27,28,30)/b20-11+. The molecule has 1 aliphatic rings. The molecule has 1 heterocycles. The zero-order valence-electron chi connectivity index (χ0n) is 17.1. The Bertz CT molecular complexity index is 1310. The van der Waals surface area contributed by atoms with Gasteiger partial charge in [0.05, 0.1) is 25.0 Å². The maximum absolute atomic E-state index is 13.1. The van der Waals surface area contributed by atoms with Crippen molar-refractivity contribution >= 4 is 67.8 Å². The first-order chi connectivity index (χ1) is 16.3. The number of ether oxygens (including phenoxy) is 1. The summed E-state index contributed by atoms with van der Waals surface area (Å²) < 4.78 is 19.4. The number of rotatable bonds is 6. The Hall–Kier alpha value is -3.21. The highest BCUT2D eigenvalue weighted by atomic mass is 79.9. The summed E-state index contributed by atoms with van der Waals surface area (Å²) in [4.78, 5) is 27.4. The van der Waals surface area contributed by atoms with Crippen LogP contribution in [0, 0.1) is 15.9 Å². The summed E-state index contributed by atoms with van der Waals surface area (Å²) in [6.45, 7) is 0.165. The molecule has 11 heteroatoms. The minimum absolute atomic E-state index is 0.0000376. The predicted octanol–water partition coefficient (Wildman–Crippen LogP) is 6.62. The van der Waals surface area contributed by atoms with Crippen molar-refractivity contribution in [3.63, 3.8) is 0 Å². The van der Waals surface area contributed by atoms with Crippen molar-refractivity contribution in [2.45, 2.75) is 6.61 Å². The molecule has 0 aromatic heterocycles. The van der Waals surface area contributed by atoms with Gasteiger partial charge in [-0.05, 0) is 93.4 Å². The van der Waals surface area contributed by atoms with Crippen LogP contribution in [0.2, 0.25) is 5.02 Å². The lowest BCUT2D eigenvalue weighted by Gasteiger charge is -2.11. The summed E-state index contributed by atoms with van der Waals surface area (Å²) in [6.07, 6.45) is 1.67. The number of nitrogens with one attached hydrogen (secondary N) is 1. The number of carbonyl (C=O) groups is 1. The Balaban J connectivity index is 1.47. The number of nitro benzene ring substituents is 1. The smallest absolute Gasteiger partial charge is 0.269 e. The maximum Gasteiger partial charge on any atom is 0.269 e. The quantitative estimate of drug-likeness (QED) is 0.207. The van der Waals surface area contributed by atoms with E-state index >= 15 is 0 Å². The summed E-state index contributed by atoms with van der Waals surface area (Å²) in [5.74, 6) is -0.267. The molecule has 1 amide bonds. The summed E-state index contributed by atoms with van der Waals surface area (Å²) in [5, 5.41) is 14.2. The molecule has 172 valence electrons. The predicted molar refractivity (Wildman–Crippen MR) is 134 cm³/mol. The van der Waals surface area contributed by atoms with Gasteiger partial charge in [-0.15, -0.1) is 0 Å². The van der Waals surface area contributed by atoms with E-state index in [1.807, 2.05) is 0 Å². The van der Waals surface area contributed by atoms with E-state index in [9.17, 15) is 19.3 Å². The SMILES string of the molecule is O=C1NC(=Nc2ccc(F)cc2)S/C1=C/c1cc(Cl)c(OCc2ccc([N+](=O)[O-])cc2)c(Br)c1. The average molecular weight is 563 g/mol. The lowest BCUT2D eigenvalue weighted by Crippen LogP contribution is -2.19. The van der Waals surface area contributed by atoms with Gasteiger partial charge in [0.2, 0.25) is 0 Å². The van der Waals surface area contributed by atoms with Crippen LogP contribution in [0.1, 0.15) is 11.1 Å². The Labute approximate surface area is 211 Å². The van der Waals surface area contributed by atoms with Crippen molar-refractivity contribution in [3.8, 4) is 5.75 Å². The topological polar surface area (TPSA) is 93.8 Å². The van der Waals surface area contributed by atoms with Crippen molar-refractivity contribution in [2.24, 2.45) is 4.99 Å². The van der Waals surface area contributed by atoms with Crippen molar-refractivity contribution in [3.05, 3.63) is 102 Å². The highest BCUT2D eigenvalue weighted by Crippen LogP contribution is 2.37. The summed E-state index contributed by atoms with van der Waals surface area (Å²) in [6, 6.07) is 15.1. The molecule has 4 rings (SSSR count). The summed E-state index contributed by atoms with van der Waals surface area (Å²) in [7, 11) is 0. The molecule has 1 fully saturated rings. The molecule has 3 aromatic carbocycles. The van der Waals surface area contributed by atoms with Crippen LogP contribution in [0.3, 0.4) is 0 Å². The van der Waals surface area contributed by atoms with Crippen LogP contribution in [-0.2, 0) is 11.4 Å². The number of aliphatic imine (C=N–C) groups is 1. The van der Waals surface area contributed by atoms with Gasteiger partial charge in [-0.25, -0.2) is 9.38 Å². The van der Waals surface area contributed by atoms with E-state index in [4.69, 9.17) is 16.3 Å². The number of hydrogen-bond acceptors (Lipinski definition) is 6. The normalized spacial score (nSPS) is 15.6. The van der Waals surface area contributed by atoms with Crippen LogP contribution in [-0.4, -0.2) is 16.0 Å². The molecule has 1 aliphatic heterocycles. The molecule has 3 aromatic rings. The Morgan fingerprint density at radius 1 is 1.18 bits per heavy atom. The van der Waals surface area contributed by atoms with Gasteiger partial charge in [0.15, 0.2) is 10.9 Å². The molecule has 1 saturated heterocycles. The lowest BCUT2D eigenvalue weighted by molar-refractivity contribution is -0.384. The maximum atomic E-state index is 13.1. The van der Waals surface area contributed by atoms with Crippen LogP contribution in [0.25, 0.3) is 6.08 Å². The van der Waals surface area contributed by atoms with Crippen LogP contribution < -0.4 is 10.1 Å². The van der Waals surface area contributed by atoms with E-state index in [-0.39, 0.29) is 24.0 Å². The fraction of sp³-hybridized carbons (Fsp3) is 0.0435. The number of thioether (sulfide) groups is 1. The van der Waals surface area contributed by atoms with Gasteiger partial charge < -0.3 is 10.1 Å².